The molecule has 1 fully saturated rings. The first-order valence-corrected chi connectivity index (χ1v) is 8.82. The first kappa shape index (κ1) is 14.7. The number of thioether (sulfide) groups is 1. The lowest BCUT2D eigenvalue weighted by Crippen LogP contribution is -2.32. The van der Waals surface area contributed by atoms with Gasteiger partial charge in [-0.2, -0.15) is 8.42 Å². The van der Waals surface area contributed by atoms with Crippen LogP contribution in [0.25, 0.3) is 6.08 Å². The van der Waals surface area contributed by atoms with Crippen LogP contribution in [0.5, 0.6) is 0 Å². The minimum absolute atomic E-state index is 0.134. The van der Waals surface area contributed by atoms with Crippen molar-refractivity contribution < 1.29 is 17.8 Å². The van der Waals surface area contributed by atoms with Gasteiger partial charge in [0, 0.05) is 11.4 Å². The Morgan fingerprint density at radius 3 is 2.79 bits per heavy atom. The summed E-state index contributed by atoms with van der Waals surface area (Å²) >= 11 is 7.65. The third-order valence-electron chi connectivity index (χ3n) is 2.26. The van der Waals surface area contributed by atoms with Crippen LogP contribution >= 0.6 is 35.3 Å². The zero-order valence-electron chi connectivity index (χ0n) is 9.48. The van der Waals surface area contributed by atoms with E-state index in [-0.39, 0.29) is 12.5 Å². The van der Waals surface area contributed by atoms with Crippen molar-refractivity contribution in [1.82, 2.24) is 4.90 Å². The molecule has 1 aromatic rings. The Bertz CT molecular complexity index is 632. The summed E-state index contributed by atoms with van der Waals surface area (Å²) in [5.41, 5.74) is 0. The van der Waals surface area contributed by atoms with E-state index in [9.17, 15) is 13.2 Å². The zero-order valence-corrected chi connectivity index (χ0v) is 12.7. The number of hydrogen-bond donors (Lipinski definition) is 1. The molecule has 0 saturated carbocycles. The first-order valence-electron chi connectivity index (χ1n) is 5.11. The third kappa shape index (κ3) is 3.86. The summed E-state index contributed by atoms with van der Waals surface area (Å²) in [5, 5.41) is 1.89. The molecular formula is C10H9NO4S4. The molecule has 0 aromatic carbocycles. The zero-order chi connectivity index (χ0) is 14.0. The fraction of sp³-hybridized carbons (Fsp3) is 0.200. The molecule has 1 aromatic heterocycles. The molecule has 102 valence electrons. The molecule has 1 N–H and O–H groups in total. The van der Waals surface area contributed by atoms with E-state index in [1.54, 1.807) is 6.08 Å². The highest BCUT2D eigenvalue weighted by Gasteiger charge is 2.32. The maximum Gasteiger partial charge on any atom is 0.266 e. The van der Waals surface area contributed by atoms with Crippen molar-refractivity contribution in [3.8, 4) is 0 Å². The second kappa shape index (κ2) is 5.71. The van der Waals surface area contributed by atoms with Crippen molar-refractivity contribution in [1.29, 1.82) is 0 Å². The summed E-state index contributed by atoms with van der Waals surface area (Å²) < 4.78 is 30.4. The molecule has 0 aliphatic carbocycles. The predicted octanol–water partition coefficient (Wildman–Crippen LogP) is 1.84. The topological polar surface area (TPSA) is 74.7 Å². The lowest BCUT2D eigenvalue weighted by atomic mass is 10.4. The Morgan fingerprint density at radius 1 is 1.47 bits per heavy atom. The summed E-state index contributed by atoms with van der Waals surface area (Å²) in [7, 11) is -4.11. The number of thiocarbonyl (C=S) groups is 1. The molecule has 0 unspecified atom stereocenters. The lowest BCUT2D eigenvalue weighted by molar-refractivity contribution is -0.121. The van der Waals surface area contributed by atoms with Gasteiger partial charge in [0.15, 0.2) is 0 Å². The Kier molecular flexibility index (Phi) is 4.41. The van der Waals surface area contributed by atoms with E-state index in [1.165, 1.54) is 16.2 Å². The molecule has 5 nitrogen and oxygen atoms in total. The number of carbonyl (C=O) groups excluding carboxylic acids is 1. The first-order chi connectivity index (χ1) is 8.87. The molecule has 0 radical (unpaired) electrons. The Morgan fingerprint density at radius 2 is 2.21 bits per heavy atom. The van der Waals surface area contributed by atoms with E-state index < -0.39 is 15.9 Å². The summed E-state index contributed by atoms with van der Waals surface area (Å²) in [6.45, 7) is -0.134. The Labute approximate surface area is 124 Å². The minimum atomic E-state index is -4.11. The van der Waals surface area contributed by atoms with Gasteiger partial charge in [-0.1, -0.05) is 30.0 Å². The molecule has 19 heavy (non-hydrogen) atoms. The van der Waals surface area contributed by atoms with Crippen LogP contribution in [0.3, 0.4) is 0 Å². The molecule has 1 amide bonds. The van der Waals surface area contributed by atoms with Gasteiger partial charge >= 0.3 is 0 Å². The van der Waals surface area contributed by atoms with E-state index in [1.807, 2.05) is 17.5 Å². The number of nitrogens with zero attached hydrogens (tertiary/aromatic N) is 1. The van der Waals surface area contributed by atoms with Crippen LogP contribution in [-0.2, 0) is 14.9 Å². The van der Waals surface area contributed by atoms with Crippen molar-refractivity contribution in [2.24, 2.45) is 0 Å². The predicted molar refractivity (Wildman–Crippen MR) is 80.6 cm³/mol. The summed E-state index contributed by atoms with van der Waals surface area (Å²) in [5.74, 6) is -0.849. The highest BCUT2D eigenvalue weighted by molar-refractivity contribution is 8.26. The summed E-state index contributed by atoms with van der Waals surface area (Å²) in [4.78, 5) is 14.6. The SMILES string of the molecule is O=C1C(=Cc2cccs2)SC(=S)N1CCS(=O)(=O)O. The van der Waals surface area contributed by atoms with Gasteiger partial charge in [0.1, 0.15) is 4.32 Å². The summed E-state index contributed by atoms with van der Waals surface area (Å²) in [6, 6.07) is 3.74. The van der Waals surface area contributed by atoms with Gasteiger partial charge in [-0.3, -0.25) is 14.2 Å². The van der Waals surface area contributed by atoms with E-state index in [2.05, 4.69) is 0 Å². The van der Waals surface area contributed by atoms with Crippen LogP contribution in [0.2, 0.25) is 0 Å². The molecule has 2 heterocycles. The van der Waals surface area contributed by atoms with Gasteiger partial charge in [0.25, 0.3) is 16.0 Å². The highest BCUT2D eigenvalue weighted by Crippen LogP contribution is 2.33. The molecule has 1 aliphatic heterocycles. The monoisotopic (exact) mass is 335 g/mol. The normalized spacial score (nSPS) is 18.6. The maximum absolute atomic E-state index is 12.0. The minimum Gasteiger partial charge on any atom is -0.292 e. The Hall–Kier alpha value is -0.740. The molecule has 0 atom stereocenters. The van der Waals surface area contributed by atoms with E-state index >= 15 is 0 Å². The molecular weight excluding hydrogens is 326 g/mol. The number of hydrogen-bond acceptors (Lipinski definition) is 6. The second-order valence-corrected chi connectivity index (χ2v) is 7.86. The largest absolute Gasteiger partial charge is 0.292 e. The third-order valence-corrected chi connectivity index (χ3v) is 5.16. The van der Waals surface area contributed by atoms with E-state index in [0.29, 0.717) is 9.23 Å². The van der Waals surface area contributed by atoms with Crippen molar-refractivity contribution in [2.75, 3.05) is 12.3 Å². The van der Waals surface area contributed by atoms with Crippen molar-refractivity contribution in [3.63, 3.8) is 0 Å². The fourth-order valence-corrected chi connectivity index (χ4v) is 3.85. The molecule has 0 spiro atoms. The van der Waals surface area contributed by atoms with Crippen molar-refractivity contribution >= 4 is 61.7 Å². The van der Waals surface area contributed by atoms with Gasteiger partial charge in [0.05, 0.1) is 10.7 Å². The standard InChI is InChI=1S/C10H9NO4S4/c12-9-8(6-7-2-1-4-17-7)18-10(16)11(9)3-5-19(13,14)15/h1-2,4,6H,3,5H2,(H,13,14,15). The molecule has 1 saturated heterocycles. The van der Waals surface area contributed by atoms with Crippen LogP contribution in [0.4, 0.5) is 0 Å². The molecule has 2 rings (SSSR count). The number of thiophene rings is 1. The van der Waals surface area contributed by atoms with Crippen molar-refractivity contribution in [2.45, 2.75) is 0 Å². The smallest absolute Gasteiger partial charge is 0.266 e. The van der Waals surface area contributed by atoms with Crippen LogP contribution in [0.1, 0.15) is 4.88 Å². The highest BCUT2D eigenvalue weighted by atomic mass is 32.2. The lowest BCUT2D eigenvalue weighted by Gasteiger charge is -2.12. The quantitative estimate of drug-likeness (QED) is 0.514. The molecule has 1 aliphatic rings. The number of amides is 1. The Balaban J connectivity index is 2.13. The van der Waals surface area contributed by atoms with Crippen LogP contribution < -0.4 is 0 Å². The van der Waals surface area contributed by atoms with Crippen LogP contribution in [0.15, 0.2) is 22.4 Å². The maximum atomic E-state index is 12.0. The fourth-order valence-electron chi connectivity index (χ4n) is 1.40. The van der Waals surface area contributed by atoms with Gasteiger partial charge in [-0.15, -0.1) is 11.3 Å². The molecule has 0 bridgehead atoms. The van der Waals surface area contributed by atoms with E-state index in [4.69, 9.17) is 16.8 Å². The van der Waals surface area contributed by atoms with E-state index in [0.717, 1.165) is 16.6 Å². The molecule has 9 heteroatoms. The summed E-state index contributed by atoms with van der Waals surface area (Å²) in [6.07, 6.45) is 1.72. The average molecular weight is 335 g/mol. The number of rotatable bonds is 4. The number of carbonyl (C=O) groups is 1. The van der Waals surface area contributed by atoms with Crippen LogP contribution in [0, 0.1) is 0 Å². The van der Waals surface area contributed by atoms with Gasteiger partial charge in [-0.25, -0.2) is 0 Å². The van der Waals surface area contributed by atoms with Gasteiger partial charge in [-0.05, 0) is 17.5 Å². The van der Waals surface area contributed by atoms with Gasteiger partial charge in [0.2, 0.25) is 0 Å². The van der Waals surface area contributed by atoms with Crippen LogP contribution in [-0.4, -0.2) is 40.4 Å². The average Bonchev–Trinajstić information content (AvgIpc) is 2.87. The second-order valence-electron chi connectivity index (χ2n) is 3.63. The van der Waals surface area contributed by atoms with Crippen molar-refractivity contribution in [3.05, 3.63) is 27.3 Å². The van der Waals surface area contributed by atoms with Gasteiger partial charge < -0.3 is 0 Å².